The SMILES string of the molecule is CCCC(C)NS(=O)(=O)c1cc(CNCC)cc(Br)c1C. The van der Waals surface area contributed by atoms with Crippen molar-refractivity contribution in [2.75, 3.05) is 6.54 Å². The van der Waals surface area contributed by atoms with E-state index in [1.54, 1.807) is 6.07 Å². The van der Waals surface area contributed by atoms with Gasteiger partial charge in [-0.3, -0.25) is 0 Å². The number of benzene rings is 1. The van der Waals surface area contributed by atoms with Gasteiger partial charge in [0.25, 0.3) is 0 Å². The van der Waals surface area contributed by atoms with Crippen molar-refractivity contribution in [1.29, 1.82) is 0 Å². The minimum Gasteiger partial charge on any atom is -0.313 e. The molecule has 0 aliphatic carbocycles. The highest BCUT2D eigenvalue weighted by Gasteiger charge is 2.21. The van der Waals surface area contributed by atoms with Gasteiger partial charge < -0.3 is 5.32 Å². The third-order valence-corrected chi connectivity index (χ3v) is 5.84. The van der Waals surface area contributed by atoms with Gasteiger partial charge in [0, 0.05) is 17.1 Å². The molecule has 1 aromatic rings. The maximum absolute atomic E-state index is 12.6. The third kappa shape index (κ3) is 5.36. The van der Waals surface area contributed by atoms with Gasteiger partial charge in [-0.15, -0.1) is 0 Å². The van der Waals surface area contributed by atoms with Crippen molar-refractivity contribution in [3.63, 3.8) is 0 Å². The van der Waals surface area contributed by atoms with Crippen LogP contribution in [0.15, 0.2) is 21.5 Å². The molecule has 1 atom stereocenters. The fourth-order valence-corrected chi connectivity index (χ4v) is 4.41. The molecule has 1 aromatic carbocycles. The van der Waals surface area contributed by atoms with E-state index in [0.29, 0.717) is 11.4 Å². The average molecular weight is 377 g/mol. The summed E-state index contributed by atoms with van der Waals surface area (Å²) < 4.78 is 28.7. The zero-order valence-electron chi connectivity index (χ0n) is 13.2. The summed E-state index contributed by atoms with van der Waals surface area (Å²) in [7, 11) is -3.49. The number of halogens is 1. The Labute approximate surface area is 136 Å². The summed E-state index contributed by atoms with van der Waals surface area (Å²) >= 11 is 3.46. The molecule has 0 spiro atoms. The molecule has 0 radical (unpaired) electrons. The molecule has 120 valence electrons. The van der Waals surface area contributed by atoms with Gasteiger partial charge in [-0.25, -0.2) is 13.1 Å². The Balaban J connectivity index is 3.12. The number of rotatable bonds is 8. The zero-order chi connectivity index (χ0) is 16.0. The van der Waals surface area contributed by atoms with Crippen LogP contribution in [0.25, 0.3) is 0 Å². The number of hydrogen-bond donors (Lipinski definition) is 2. The molecule has 0 aliphatic heterocycles. The lowest BCUT2D eigenvalue weighted by atomic mass is 10.1. The van der Waals surface area contributed by atoms with Gasteiger partial charge in [0.05, 0.1) is 4.90 Å². The molecule has 0 aliphatic rings. The summed E-state index contributed by atoms with van der Waals surface area (Å²) in [6.45, 7) is 9.29. The normalized spacial score (nSPS) is 13.4. The predicted molar refractivity (Wildman–Crippen MR) is 91.0 cm³/mol. The van der Waals surface area contributed by atoms with Crippen molar-refractivity contribution in [2.45, 2.75) is 58.0 Å². The van der Waals surface area contributed by atoms with Gasteiger partial charge in [0.1, 0.15) is 0 Å². The van der Waals surface area contributed by atoms with Crippen molar-refractivity contribution in [1.82, 2.24) is 10.0 Å². The Morgan fingerprint density at radius 2 is 1.95 bits per heavy atom. The molecule has 2 N–H and O–H groups in total. The van der Waals surface area contributed by atoms with E-state index in [2.05, 4.69) is 26.0 Å². The summed E-state index contributed by atoms with van der Waals surface area (Å²) in [5.41, 5.74) is 1.70. The topological polar surface area (TPSA) is 58.2 Å². The smallest absolute Gasteiger partial charge is 0.241 e. The van der Waals surface area contributed by atoms with E-state index >= 15 is 0 Å². The van der Waals surface area contributed by atoms with Gasteiger partial charge in [0.15, 0.2) is 0 Å². The Kier molecular flexibility index (Phi) is 7.33. The molecule has 4 nitrogen and oxygen atoms in total. The van der Waals surface area contributed by atoms with E-state index in [0.717, 1.165) is 35.0 Å². The first kappa shape index (κ1) is 18.6. The average Bonchev–Trinajstić information content (AvgIpc) is 2.39. The Morgan fingerprint density at radius 1 is 1.29 bits per heavy atom. The summed E-state index contributed by atoms with van der Waals surface area (Å²) in [4.78, 5) is 0.354. The molecular formula is C15H25BrN2O2S. The Hall–Kier alpha value is -0.430. The van der Waals surface area contributed by atoms with E-state index in [4.69, 9.17) is 0 Å². The van der Waals surface area contributed by atoms with Gasteiger partial charge in [-0.2, -0.15) is 0 Å². The van der Waals surface area contributed by atoms with E-state index < -0.39 is 10.0 Å². The molecular weight excluding hydrogens is 352 g/mol. The van der Waals surface area contributed by atoms with Gasteiger partial charge >= 0.3 is 0 Å². The van der Waals surface area contributed by atoms with Crippen molar-refractivity contribution in [2.24, 2.45) is 0 Å². The predicted octanol–water partition coefficient (Wildman–Crippen LogP) is 3.33. The lowest BCUT2D eigenvalue weighted by Crippen LogP contribution is -2.33. The standard InChI is InChI=1S/C15H25BrN2O2S/c1-5-7-11(3)18-21(19,20)15-9-13(10-17-6-2)8-14(16)12(15)4/h8-9,11,17-18H,5-7,10H2,1-4H3. The van der Waals surface area contributed by atoms with Gasteiger partial charge in [0.2, 0.25) is 10.0 Å². The van der Waals surface area contributed by atoms with Crippen molar-refractivity contribution in [3.8, 4) is 0 Å². The van der Waals surface area contributed by atoms with Crippen molar-refractivity contribution in [3.05, 3.63) is 27.7 Å². The summed E-state index contributed by atoms with van der Waals surface area (Å²) in [6.07, 6.45) is 1.78. The first-order valence-corrected chi connectivity index (χ1v) is 9.61. The fourth-order valence-electron chi connectivity index (χ4n) is 2.18. The lowest BCUT2D eigenvalue weighted by molar-refractivity contribution is 0.543. The lowest BCUT2D eigenvalue weighted by Gasteiger charge is -2.16. The summed E-state index contributed by atoms with van der Waals surface area (Å²) in [5, 5.41) is 3.21. The van der Waals surface area contributed by atoms with Crippen LogP contribution < -0.4 is 10.0 Å². The van der Waals surface area contributed by atoms with Crippen LogP contribution in [0, 0.1) is 6.92 Å². The molecule has 0 heterocycles. The maximum Gasteiger partial charge on any atom is 0.241 e. The third-order valence-electron chi connectivity index (χ3n) is 3.30. The van der Waals surface area contributed by atoms with Crippen LogP contribution in [0.3, 0.4) is 0 Å². The maximum atomic E-state index is 12.6. The quantitative estimate of drug-likeness (QED) is 0.731. The van der Waals surface area contributed by atoms with Crippen LogP contribution in [0.5, 0.6) is 0 Å². The second kappa shape index (κ2) is 8.27. The molecule has 0 saturated carbocycles. The Morgan fingerprint density at radius 3 is 2.52 bits per heavy atom. The Bertz CT molecular complexity index is 573. The second-order valence-corrected chi connectivity index (χ2v) is 7.83. The number of hydrogen-bond acceptors (Lipinski definition) is 3. The van der Waals surface area contributed by atoms with E-state index in [-0.39, 0.29) is 6.04 Å². The zero-order valence-corrected chi connectivity index (χ0v) is 15.6. The van der Waals surface area contributed by atoms with Crippen LogP contribution in [0.1, 0.15) is 44.7 Å². The first-order valence-electron chi connectivity index (χ1n) is 7.33. The highest BCUT2D eigenvalue weighted by atomic mass is 79.9. The first-order chi connectivity index (χ1) is 9.81. The largest absolute Gasteiger partial charge is 0.313 e. The van der Waals surface area contributed by atoms with Crippen LogP contribution in [-0.4, -0.2) is 21.0 Å². The molecule has 21 heavy (non-hydrogen) atoms. The van der Waals surface area contributed by atoms with Gasteiger partial charge in [-0.05, 0) is 50.1 Å². The van der Waals surface area contributed by atoms with Crippen LogP contribution in [0.4, 0.5) is 0 Å². The second-order valence-electron chi connectivity index (χ2n) is 5.29. The van der Waals surface area contributed by atoms with Crippen molar-refractivity contribution < 1.29 is 8.42 Å². The monoisotopic (exact) mass is 376 g/mol. The molecule has 6 heteroatoms. The molecule has 0 amide bonds. The summed E-state index contributed by atoms with van der Waals surface area (Å²) in [5.74, 6) is 0. The molecule has 0 saturated heterocycles. The van der Waals surface area contributed by atoms with Crippen molar-refractivity contribution >= 4 is 26.0 Å². The molecule has 0 aromatic heterocycles. The van der Waals surface area contributed by atoms with Crippen LogP contribution >= 0.6 is 15.9 Å². The van der Waals surface area contributed by atoms with Crippen LogP contribution in [0.2, 0.25) is 0 Å². The molecule has 0 bridgehead atoms. The molecule has 1 rings (SSSR count). The number of nitrogens with one attached hydrogen (secondary N) is 2. The fraction of sp³-hybridized carbons (Fsp3) is 0.600. The minimum absolute atomic E-state index is 0.0596. The molecule has 1 unspecified atom stereocenters. The van der Waals surface area contributed by atoms with Crippen LogP contribution in [-0.2, 0) is 16.6 Å². The minimum atomic E-state index is -3.49. The van der Waals surface area contributed by atoms with E-state index in [1.165, 1.54) is 0 Å². The van der Waals surface area contributed by atoms with Gasteiger partial charge in [-0.1, -0.05) is 36.2 Å². The highest BCUT2D eigenvalue weighted by Crippen LogP contribution is 2.26. The van der Waals surface area contributed by atoms with E-state index in [9.17, 15) is 8.42 Å². The highest BCUT2D eigenvalue weighted by molar-refractivity contribution is 9.10. The van der Waals surface area contributed by atoms with E-state index in [1.807, 2.05) is 33.8 Å². The molecule has 0 fully saturated rings. The summed E-state index contributed by atoms with van der Waals surface area (Å²) in [6, 6.07) is 3.66. The number of sulfonamides is 1.